The lowest BCUT2D eigenvalue weighted by Crippen LogP contribution is -2.48. The molecule has 1 heterocycles. The molecule has 134 valence electrons. The highest BCUT2D eigenvalue weighted by Crippen LogP contribution is 2.37. The fraction of sp³-hybridized carbons (Fsp3) is 0.842. The lowest BCUT2D eigenvalue weighted by molar-refractivity contribution is 0.262. The molecule has 3 nitrogen and oxygen atoms in total. The highest BCUT2D eigenvalue weighted by Gasteiger charge is 2.37. The molecule has 0 spiro atoms. The first kappa shape index (κ1) is 20.6. The Kier molecular flexibility index (Phi) is 6.82. The van der Waals surface area contributed by atoms with Gasteiger partial charge in [0.15, 0.2) is 8.32 Å². The summed E-state index contributed by atoms with van der Waals surface area (Å²) in [5.41, 5.74) is 7.65. The zero-order valence-electron chi connectivity index (χ0n) is 16.6. The minimum atomic E-state index is -1.61. The molecule has 1 aliphatic rings. The molecule has 0 saturated heterocycles. The molecule has 0 amide bonds. The zero-order valence-corrected chi connectivity index (χ0v) is 17.6. The van der Waals surface area contributed by atoms with E-state index in [2.05, 4.69) is 65.7 Å². The topological polar surface area (TPSA) is 47.6 Å². The Hall–Kier alpha value is -0.453. The molecule has 1 aliphatic heterocycles. The maximum Gasteiger partial charge on any atom is 0.191 e. The van der Waals surface area contributed by atoms with Gasteiger partial charge in [-0.3, -0.25) is 4.99 Å². The molecule has 0 saturated carbocycles. The minimum Gasteiger partial charge on any atom is -0.417 e. The van der Waals surface area contributed by atoms with Crippen LogP contribution in [0.1, 0.15) is 60.8 Å². The number of unbranched alkanes of at least 4 members (excludes halogenated alkanes) is 1. The Bertz CT molecular complexity index is 449. The second kappa shape index (κ2) is 7.62. The molecule has 4 heteroatoms. The second-order valence-electron chi connectivity index (χ2n) is 9.07. The summed E-state index contributed by atoms with van der Waals surface area (Å²) < 4.78 is 6.27. The number of aliphatic imine (C=N–C) groups is 1. The van der Waals surface area contributed by atoms with E-state index in [4.69, 9.17) is 10.2 Å². The van der Waals surface area contributed by atoms with Crippen molar-refractivity contribution < 1.29 is 4.43 Å². The van der Waals surface area contributed by atoms with Crippen molar-refractivity contribution in [2.24, 2.45) is 22.1 Å². The summed E-state index contributed by atoms with van der Waals surface area (Å²) in [5, 5.41) is 0.288. The normalized spacial score (nSPS) is 25.8. The van der Waals surface area contributed by atoms with Gasteiger partial charge in [-0.25, -0.2) is 0 Å². The number of nitrogens with zero attached hydrogens (tertiary/aromatic N) is 1. The molecule has 0 radical (unpaired) electrons. The van der Waals surface area contributed by atoms with E-state index in [1.807, 2.05) is 6.20 Å². The van der Waals surface area contributed by atoms with Crippen LogP contribution < -0.4 is 5.73 Å². The van der Waals surface area contributed by atoms with E-state index in [9.17, 15) is 0 Å². The van der Waals surface area contributed by atoms with Gasteiger partial charge in [0, 0.05) is 23.9 Å². The van der Waals surface area contributed by atoms with Crippen LogP contribution >= 0.6 is 0 Å². The first-order valence-corrected chi connectivity index (χ1v) is 12.0. The standard InChI is InChI=1S/C19H38N2OSi/c1-15(2)16-17(20)19(6,12-13-21-16)11-9-10-14-22-23(7,8)18(3,4)5/h12-13,15,17H,9-11,14,20H2,1-8H3. The van der Waals surface area contributed by atoms with Crippen LogP contribution in [0.2, 0.25) is 18.1 Å². The lowest BCUT2D eigenvalue weighted by Gasteiger charge is -2.37. The molecule has 1 rings (SSSR count). The quantitative estimate of drug-likeness (QED) is 0.516. The van der Waals surface area contributed by atoms with Crippen molar-refractivity contribution in [3.63, 3.8) is 0 Å². The third kappa shape index (κ3) is 5.26. The summed E-state index contributed by atoms with van der Waals surface area (Å²) >= 11 is 0. The van der Waals surface area contributed by atoms with Gasteiger partial charge in [-0.1, -0.05) is 54.0 Å². The zero-order chi connectivity index (χ0) is 17.9. The van der Waals surface area contributed by atoms with Crippen molar-refractivity contribution in [3.8, 4) is 0 Å². The van der Waals surface area contributed by atoms with Crippen LogP contribution in [0.15, 0.2) is 17.3 Å². The minimum absolute atomic E-state index is 0.0261. The summed E-state index contributed by atoms with van der Waals surface area (Å²) in [6.45, 7) is 19.0. The van der Waals surface area contributed by atoms with E-state index >= 15 is 0 Å². The fourth-order valence-electron chi connectivity index (χ4n) is 2.71. The Labute approximate surface area is 144 Å². The maximum atomic E-state index is 6.49. The molecule has 2 N–H and O–H groups in total. The number of rotatable bonds is 7. The van der Waals surface area contributed by atoms with Gasteiger partial charge in [0.1, 0.15) is 0 Å². The molecule has 0 bridgehead atoms. The van der Waals surface area contributed by atoms with E-state index < -0.39 is 8.32 Å². The third-order valence-electron chi connectivity index (χ3n) is 5.68. The summed E-state index contributed by atoms with van der Waals surface area (Å²) in [7, 11) is -1.61. The maximum absolute atomic E-state index is 6.49. The largest absolute Gasteiger partial charge is 0.417 e. The predicted molar refractivity (Wildman–Crippen MR) is 104 cm³/mol. The predicted octanol–water partition coefficient (Wildman–Crippen LogP) is 5.14. The van der Waals surface area contributed by atoms with Gasteiger partial charge < -0.3 is 10.2 Å². The van der Waals surface area contributed by atoms with Crippen LogP contribution in [0.25, 0.3) is 0 Å². The van der Waals surface area contributed by atoms with Crippen molar-refractivity contribution in [3.05, 3.63) is 12.3 Å². The van der Waals surface area contributed by atoms with Crippen LogP contribution in [-0.4, -0.2) is 26.7 Å². The van der Waals surface area contributed by atoms with E-state index in [0.29, 0.717) is 5.92 Å². The Morgan fingerprint density at radius 3 is 2.43 bits per heavy atom. The molecule has 2 unspecified atom stereocenters. The highest BCUT2D eigenvalue weighted by atomic mass is 28.4. The van der Waals surface area contributed by atoms with Crippen molar-refractivity contribution in [2.75, 3.05) is 6.61 Å². The molecule has 2 atom stereocenters. The van der Waals surface area contributed by atoms with Crippen LogP contribution in [0.3, 0.4) is 0 Å². The summed E-state index contributed by atoms with van der Waals surface area (Å²) in [4.78, 5) is 4.50. The fourth-order valence-corrected chi connectivity index (χ4v) is 3.80. The molecular weight excluding hydrogens is 300 g/mol. The first-order chi connectivity index (χ1) is 10.4. The smallest absolute Gasteiger partial charge is 0.191 e. The molecule has 0 aliphatic carbocycles. The van der Waals surface area contributed by atoms with Crippen molar-refractivity contribution in [2.45, 2.75) is 85.0 Å². The van der Waals surface area contributed by atoms with Crippen LogP contribution in [0.4, 0.5) is 0 Å². The van der Waals surface area contributed by atoms with E-state index in [-0.39, 0.29) is 16.5 Å². The Balaban J connectivity index is 2.45. The van der Waals surface area contributed by atoms with Crippen LogP contribution in [-0.2, 0) is 4.43 Å². The van der Waals surface area contributed by atoms with Crippen LogP contribution in [0, 0.1) is 11.3 Å². The van der Waals surface area contributed by atoms with E-state index in [1.54, 1.807) is 0 Å². The molecule has 23 heavy (non-hydrogen) atoms. The van der Waals surface area contributed by atoms with Crippen LogP contribution in [0.5, 0.6) is 0 Å². The van der Waals surface area contributed by atoms with Crippen molar-refractivity contribution >= 4 is 14.0 Å². The SMILES string of the molecule is CC(C)C1=NC=CC(C)(CCCCO[Si](C)(C)C(C)(C)C)C1N. The number of hydrogen-bond acceptors (Lipinski definition) is 3. The van der Waals surface area contributed by atoms with Gasteiger partial charge in [-0.05, 0) is 36.9 Å². The first-order valence-electron chi connectivity index (χ1n) is 9.05. The average molecular weight is 339 g/mol. The van der Waals surface area contributed by atoms with E-state index in [0.717, 1.165) is 31.6 Å². The molecular formula is C19H38N2OSi. The number of hydrogen-bond donors (Lipinski definition) is 1. The lowest BCUT2D eigenvalue weighted by atomic mass is 9.73. The Morgan fingerprint density at radius 1 is 1.30 bits per heavy atom. The summed E-state index contributed by atoms with van der Waals surface area (Å²) in [6, 6.07) is 0.0359. The van der Waals surface area contributed by atoms with Gasteiger partial charge in [0.05, 0.1) is 6.04 Å². The van der Waals surface area contributed by atoms with Crippen molar-refractivity contribution in [1.29, 1.82) is 0 Å². The number of nitrogens with two attached hydrogens (primary N) is 1. The van der Waals surface area contributed by atoms with Gasteiger partial charge in [0.25, 0.3) is 0 Å². The third-order valence-corrected chi connectivity index (χ3v) is 10.2. The monoisotopic (exact) mass is 338 g/mol. The Morgan fingerprint density at radius 2 is 1.91 bits per heavy atom. The summed E-state index contributed by atoms with van der Waals surface area (Å²) in [5.74, 6) is 0.413. The average Bonchev–Trinajstić information content (AvgIpc) is 2.40. The van der Waals surface area contributed by atoms with Gasteiger partial charge in [-0.2, -0.15) is 0 Å². The van der Waals surface area contributed by atoms with E-state index in [1.165, 1.54) is 0 Å². The van der Waals surface area contributed by atoms with Crippen molar-refractivity contribution in [1.82, 2.24) is 0 Å². The van der Waals surface area contributed by atoms with Gasteiger partial charge in [-0.15, -0.1) is 0 Å². The van der Waals surface area contributed by atoms with Gasteiger partial charge >= 0.3 is 0 Å². The summed E-state index contributed by atoms with van der Waals surface area (Å²) in [6.07, 6.45) is 7.49. The molecule has 0 aromatic rings. The van der Waals surface area contributed by atoms with Gasteiger partial charge in [0.2, 0.25) is 0 Å². The molecule has 0 fully saturated rings. The second-order valence-corrected chi connectivity index (χ2v) is 13.9. The molecule has 0 aromatic heterocycles. The highest BCUT2D eigenvalue weighted by molar-refractivity contribution is 6.74. The molecule has 0 aromatic carbocycles.